The summed E-state index contributed by atoms with van der Waals surface area (Å²) in [6.45, 7) is 7.42. The lowest BCUT2D eigenvalue weighted by Gasteiger charge is -2.16. The topological polar surface area (TPSA) is 146 Å². The Balaban J connectivity index is 3.95. The minimum atomic E-state index is -0.881. The summed E-state index contributed by atoms with van der Waals surface area (Å²) in [5, 5.41) is 12.8. The van der Waals surface area contributed by atoms with Crippen LogP contribution in [-0.4, -0.2) is 61.3 Å². The monoisotopic (exact) mass is 539 g/mol. The Morgan fingerprint density at radius 3 is 1.45 bits per heavy atom. The third-order valence-electron chi connectivity index (χ3n) is 6.25. The smallest absolute Gasteiger partial charge is 0.242 e. The molecule has 0 radical (unpaired) electrons. The molecule has 38 heavy (non-hydrogen) atoms. The maximum atomic E-state index is 12.2. The van der Waals surface area contributed by atoms with Crippen molar-refractivity contribution in [3.63, 3.8) is 0 Å². The molecular formula is C28H53N5O5. The number of rotatable bonds is 23. The van der Waals surface area contributed by atoms with Crippen molar-refractivity contribution >= 4 is 29.5 Å². The molecule has 0 fully saturated rings. The summed E-state index contributed by atoms with van der Waals surface area (Å²) in [7, 11) is 0. The molecule has 0 saturated carbocycles. The van der Waals surface area contributed by atoms with Gasteiger partial charge in [0.15, 0.2) is 0 Å². The third kappa shape index (κ3) is 20.4. The second-order valence-electron chi connectivity index (χ2n) is 10.0. The Hall–Kier alpha value is -2.65. The fourth-order valence-corrected chi connectivity index (χ4v) is 3.82. The van der Waals surface area contributed by atoms with Crippen LogP contribution in [0.25, 0.3) is 0 Å². The van der Waals surface area contributed by atoms with Crippen LogP contribution in [-0.2, 0) is 24.0 Å². The molecule has 5 N–H and O–H groups in total. The third-order valence-corrected chi connectivity index (χ3v) is 6.25. The van der Waals surface area contributed by atoms with Crippen LogP contribution in [0.15, 0.2) is 0 Å². The summed E-state index contributed by atoms with van der Waals surface area (Å²) in [6.07, 6.45) is 15.0. The van der Waals surface area contributed by atoms with Crippen molar-refractivity contribution < 1.29 is 24.0 Å². The summed E-state index contributed by atoms with van der Waals surface area (Å²) in [5.41, 5.74) is 0. The van der Waals surface area contributed by atoms with Gasteiger partial charge in [-0.15, -0.1) is 0 Å². The van der Waals surface area contributed by atoms with Gasteiger partial charge in [-0.2, -0.15) is 0 Å². The predicted molar refractivity (Wildman–Crippen MR) is 150 cm³/mol. The molecule has 0 spiro atoms. The van der Waals surface area contributed by atoms with Crippen molar-refractivity contribution in [2.45, 2.75) is 130 Å². The highest BCUT2D eigenvalue weighted by atomic mass is 16.2. The van der Waals surface area contributed by atoms with E-state index in [1.54, 1.807) is 6.92 Å². The van der Waals surface area contributed by atoms with Gasteiger partial charge in [0.05, 0.1) is 13.1 Å². The van der Waals surface area contributed by atoms with Crippen LogP contribution in [0.1, 0.15) is 118 Å². The Bertz CT molecular complexity index is 701. The highest BCUT2D eigenvalue weighted by molar-refractivity contribution is 5.93. The van der Waals surface area contributed by atoms with Crippen LogP contribution >= 0.6 is 0 Å². The van der Waals surface area contributed by atoms with Crippen molar-refractivity contribution in [1.82, 2.24) is 26.6 Å². The van der Waals surface area contributed by atoms with Gasteiger partial charge in [0, 0.05) is 13.0 Å². The van der Waals surface area contributed by atoms with Crippen molar-refractivity contribution in [3.05, 3.63) is 0 Å². The molecule has 0 aliphatic rings. The second-order valence-corrected chi connectivity index (χ2v) is 10.0. The normalized spacial score (nSPS) is 12.2. The van der Waals surface area contributed by atoms with Crippen LogP contribution in [0, 0.1) is 0 Å². The van der Waals surface area contributed by atoms with E-state index in [9.17, 15) is 24.0 Å². The van der Waals surface area contributed by atoms with Crippen LogP contribution < -0.4 is 26.6 Å². The van der Waals surface area contributed by atoms with Gasteiger partial charge in [-0.3, -0.25) is 24.0 Å². The number of nitrogens with one attached hydrogen (secondary N) is 5. The Morgan fingerprint density at radius 2 is 0.921 bits per heavy atom. The van der Waals surface area contributed by atoms with Crippen molar-refractivity contribution in [3.8, 4) is 0 Å². The van der Waals surface area contributed by atoms with Gasteiger partial charge in [0.25, 0.3) is 0 Å². The average Bonchev–Trinajstić information content (AvgIpc) is 2.89. The zero-order chi connectivity index (χ0) is 28.6. The molecule has 10 heteroatoms. The lowest BCUT2D eigenvalue weighted by atomic mass is 10.1. The van der Waals surface area contributed by atoms with Gasteiger partial charge in [-0.05, 0) is 26.7 Å². The zero-order valence-electron chi connectivity index (χ0n) is 24.2. The van der Waals surface area contributed by atoms with E-state index in [1.165, 1.54) is 45.4 Å². The van der Waals surface area contributed by atoms with Crippen LogP contribution in [0.4, 0.5) is 0 Å². The van der Waals surface area contributed by atoms with Gasteiger partial charge in [0.2, 0.25) is 29.5 Å². The van der Waals surface area contributed by atoms with E-state index in [2.05, 4.69) is 40.4 Å². The van der Waals surface area contributed by atoms with Crippen LogP contribution in [0.5, 0.6) is 0 Å². The standard InChI is InChI=1S/C28H53N5O5/c1-5-7-9-11-12-13-14-15-16-18-24(34)30-20-25(35)33-23(4)28(38)31-21-26(36)32-22(3)27(37)29-19-17-10-8-6-2/h22-23H,5-21H2,1-4H3,(H,29,37)(H,30,34)(H,31,38)(H,32,36)(H,33,35)/t22-,23-/m0/s1. The molecule has 0 rings (SSSR count). The molecule has 0 aromatic rings. The molecular weight excluding hydrogens is 486 g/mol. The second kappa shape index (κ2) is 23.5. The number of carbonyl (C=O) groups excluding carboxylic acids is 5. The van der Waals surface area contributed by atoms with E-state index in [0.29, 0.717) is 13.0 Å². The summed E-state index contributed by atoms with van der Waals surface area (Å²) in [4.78, 5) is 60.3. The highest BCUT2D eigenvalue weighted by Gasteiger charge is 2.19. The molecule has 0 aliphatic heterocycles. The number of unbranched alkanes of at least 4 members (excludes halogenated alkanes) is 11. The Morgan fingerprint density at radius 1 is 0.500 bits per heavy atom. The maximum absolute atomic E-state index is 12.2. The minimum Gasteiger partial charge on any atom is -0.354 e. The number of amides is 5. The molecule has 0 aromatic heterocycles. The van der Waals surface area contributed by atoms with Crippen LogP contribution in [0.2, 0.25) is 0 Å². The summed E-state index contributed by atoms with van der Waals surface area (Å²) in [5.74, 6) is -1.99. The van der Waals surface area contributed by atoms with E-state index in [-0.39, 0.29) is 24.9 Å². The van der Waals surface area contributed by atoms with E-state index in [4.69, 9.17) is 0 Å². The Kier molecular flexibility index (Phi) is 21.8. The minimum absolute atomic E-state index is 0.184. The molecule has 0 aromatic carbocycles. The van der Waals surface area contributed by atoms with Crippen molar-refractivity contribution in [2.24, 2.45) is 0 Å². The predicted octanol–water partition coefficient (Wildman–Crippen LogP) is 2.85. The first-order valence-corrected chi connectivity index (χ1v) is 14.6. The fraction of sp³-hybridized carbons (Fsp3) is 0.821. The Labute approximate surface area is 229 Å². The molecule has 0 aliphatic carbocycles. The van der Waals surface area contributed by atoms with Gasteiger partial charge in [-0.1, -0.05) is 84.5 Å². The van der Waals surface area contributed by atoms with Gasteiger partial charge < -0.3 is 26.6 Å². The molecule has 10 nitrogen and oxygen atoms in total. The largest absolute Gasteiger partial charge is 0.354 e. The highest BCUT2D eigenvalue weighted by Crippen LogP contribution is 2.10. The lowest BCUT2D eigenvalue weighted by Crippen LogP contribution is -2.51. The first kappa shape index (κ1) is 35.4. The van der Waals surface area contributed by atoms with E-state index < -0.39 is 29.8 Å². The van der Waals surface area contributed by atoms with Gasteiger partial charge in [0.1, 0.15) is 12.1 Å². The molecule has 220 valence electrons. The first-order valence-electron chi connectivity index (χ1n) is 14.6. The molecule has 2 atom stereocenters. The fourth-order valence-electron chi connectivity index (χ4n) is 3.82. The van der Waals surface area contributed by atoms with Crippen LogP contribution in [0.3, 0.4) is 0 Å². The number of hydrogen-bond donors (Lipinski definition) is 5. The lowest BCUT2D eigenvalue weighted by molar-refractivity contribution is -0.131. The molecule has 0 heterocycles. The van der Waals surface area contributed by atoms with E-state index in [1.807, 2.05) is 0 Å². The van der Waals surface area contributed by atoms with Gasteiger partial charge in [-0.25, -0.2) is 0 Å². The quantitative estimate of drug-likeness (QED) is 0.127. The number of hydrogen-bond acceptors (Lipinski definition) is 5. The summed E-state index contributed by atoms with van der Waals surface area (Å²) < 4.78 is 0. The molecule has 0 saturated heterocycles. The summed E-state index contributed by atoms with van der Waals surface area (Å²) >= 11 is 0. The van der Waals surface area contributed by atoms with Crippen molar-refractivity contribution in [2.75, 3.05) is 19.6 Å². The molecule has 0 bridgehead atoms. The van der Waals surface area contributed by atoms with Gasteiger partial charge >= 0.3 is 0 Å². The zero-order valence-corrected chi connectivity index (χ0v) is 24.2. The summed E-state index contributed by atoms with van der Waals surface area (Å²) in [6, 6.07) is -1.60. The molecule has 0 unspecified atom stereocenters. The van der Waals surface area contributed by atoms with E-state index in [0.717, 1.165) is 44.9 Å². The van der Waals surface area contributed by atoms with Crippen molar-refractivity contribution in [1.29, 1.82) is 0 Å². The van der Waals surface area contributed by atoms with E-state index >= 15 is 0 Å². The average molecular weight is 540 g/mol. The maximum Gasteiger partial charge on any atom is 0.242 e. The number of carbonyl (C=O) groups is 5. The first-order chi connectivity index (χ1) is 18.2. The molecule has 5 amide bonds. The SMILES string of the molecule is CCCCCCCCCCCC(=O)NCC(=O)N[C@@H](C)C(=O)NCC(=O)N[C@@H](C)C(=O)NCCCCCC.